The number of carbonyl (C=O) groups is 1. The minimum Gasteiger partial charge on any atom is -0.464 e. The molecule has 7 heteroatoms. The Morgan fingerprint density at radius 2 is 2.06 bits per heavy atom. The van der Waals surface area contributed by atoms with Crippen LogP contribution in [-0.2, 0) is 15.7 Å². The topological polar surface area (TPSA) is 52.3 Å². The lowest BCUT2D eigenvalue weighted by Crippen LogP contribution is -2.06. The number of carbonyl (C=O) groups excluding carboxylic acids is 1. The molecule has 0 saturated heterocycles. The first-order chi connectivity index (χ1) is 8.32. The third kappa shape index (κ3) is 6.15. The monoisotopic (exact) mass is 281 g/mol. The summed E-state index contributed by atoms with van der Waals surface area (Å²) in [4.78, 5) is 9.29. The van der Waals surface area contributed by atoms with E-state index < -0.39 is 11.7 Å². The molecule has 1 aromatic rings. The van der Waals surface area contributed by atoms with E-state index in [0.717, 1.165) is 12.1 Å². The Kier molecular flexibility index (Phi) is 6.89. The summed E-state index contributed by atoms with van der Waals surface area (Å²) in [6, 6.07) is 3.25. The first kappa shape index (κ1) is 16.3. The normalized spacial score (nSPS) is 10.0. The first-order valence-corrected chi connectivity index (χ1v) is 4.99. The van der Waals surface area contributed by atoms with Gasteiger partial charge < -0.3 is 10.5 Å². The Bertz CT molecular complexity index is 400. The second kappa shape index (κ2) is 7.60. The number of benzene rings is 1. The van der Waals surface area contributed by atoms with Gasteiger partial charge in [0.25, 0.3) is 6.47 Å². The van der Waals surface area contributed by atoms with Crippen molar-refractivity contribution in [3.63, 3.8) is 0 Å². The highest BCUT2D eigenvalue weighted by Crippen LogP contribution is 2.35. The maximum atomic E-state index is 12.1. The van der Waals surface area contributed by atoms with Crippen LogP contribution in [0.1, 0.15) is 5.56 Å². The second-order valence-corrected chi connectivity index (χ2v) is 3.36. The predicted octanol–water partition coefficient (Wildman–Crippen LogP) is 3.29. The Balaban J connectivity index is 0.000000411. The number of halogens is 4. The van der Waals surface area contributed by atoms with Gasteiger partial charge in [-0.2, -0.15) is 13.2 Å². The number of anilines is 1. The van der Waals surface area contributed by atoms with E-state index in [2.05, 4.69) is 11.3 Å². The summed E-state index contributed by atoms with van der Waals surface area (Å²) in [7, 11) is 0. The van der Waals surface area contributed by atoms with Crippen LogP contribution in [0.4, 0.5) is 18.9 Å². The summed E-state index contributed by atoms with van der Waals surface area (Å²) in [6.07, 6.45) is -2.93. The third-order valence-electron chi connectivity index (χ3n) is 1.58. The van der Waals surface area contributed by atoms with Crippen molar-refractivity contribution in [3.05, 3.63) is 41.4 Å². The molecule has 1 rings (SSSR count). The van der Waals surface area contributed by atoms with E-state index in [1.54, 1.807) is 0 Å². The van der Waals surface area contributed by atoms with Gasteiger partial charge in [-0.15, -0.1) is 0 Å². The molecule has 0 aliphatic rings. The Hall–Kier alpha value is -1.69. The molecule has 0 heterocycles. The molecule has 0 aromatic heterocycles. The van der Waals surface area contributed by atoms with Crippen LogP contribution in [-0.4, -0.2) is 13.1 Å². The quantitative estimate of drug-likeness (QED) is 0.400. The van der Waals surface area contributed by atoms with Crippen LogP contribution in [0.3, 0.4) is 0 Å². The summed E-state index contributed by atoms with van der Waals surface area (Å²) in [5, 5.41) is -0.336. The number of rotatable bonds is 3. The fourth-order valence-electron chi connectivity index (χ4n) is 0.867. The van der Waals surface area contributed by atoms with E-state index in [0.29, 0.717) is 13.1 Å². The smallest absolute Gasteiger partial charge is 0.417 e. The van der Waals surface area contributed by atoms with Crippen molar-refractivity contribution in [1.82, 2.24) is 0 Å². The predicted molar refractivity (Wildman–Crippen MR) is 63.1 cm³/mol. The van der Waals surface area contributed by atoms with Crippen molar-refractivity contribution in [2.24, 2.45) is 0 Å². The molecular weight excluding hydrogens is 271 g/mol. The summed E-state index contributed by atoms with van der Waals surface area (Å²) < 4.78 is 40.5. The van der Waals surface area contributed by atoms with Gasteiger partial charge >= 0.3 is 6.18 Å². The van der Waals surface area contributed by atoms with E-state index in [9.17, 15) is 18.0 Å². The van der Waals surface area contributed by atoms with Gasteiger partial charge in [0.1, 0.15) is 6.61 Å². The standard InChI is InChI=1S/C7H5ClF3N.C4H6O2/c8-6-2-1-4(12)3-5(6)7(9,10)11;1-2-3-6-4-5/h1-3H,12H2;2,4H,1,3H2. The van der Waals surface area contributed by atoms with Gasteiger partial charge in [0.2, 0.25) is 0 Å². The minimum absolute atomic E-state index is 0.0479. The van der Waals surface area contributed by atoms with Gasteiger partial charge in [0.15, 0.2) is 0 Å². The minimum atomic E-state index is -4.44. The average Bonchev–Trinajstić information content (AvgIpc) is 2.29. The lowest BCUT2D eigenvalue weighted by Gasteiger charge is -2.08. The molecule has 1 aromatic carbocycles. The zero-order valence-corrected chi connectivity index (χ0v) is 9.96. The molecule has 0 unspecified atom stereocenters. The van der Waals surface area contributed by atoms with E-state index in [-0.39, 0.29) is 10.7 Å². The van der Waals surface area contributed by atoms with E-state index in [1.807, 2.05) is 0 Å². The maximum absolute atomic E-state index is 12.1. The van der Waals surface area contributed by atoms with Crippen LogP contribution in [0.15, 0.2) is 30.9 Å². The van der Waals surface area contributed by atoms with Crippen molar-refractivity contribution in [3.8, 4) is 0 Å². The maximum Gasteiger partial charge on any atom is 0.417 e. The van der Waals surface area contributed by atoms with E-state index in [4.69, 9.17) is 17.3 Å². The molecule has 100 valence electrons. The van der Waals surface area contributed by atoms with Crippen LogP contribution in [0.5, 0.6) is 0 Å². The molecule has 0 aliphatic carbocycles. The zero-order valence-electron chi connectivity index (χ0n) is 9.21. The van der Waals surface area contributed by atoms with E-state index in [1.165, 1.54) is 12.1 Å². The van der Waals surface area contributed by atoms with Gasteiger partial charge in [-0.3, -0.25) is 4.79 Å². The number of hydrogen-bond acceptors (Lipinski definition) is 3. The molecule has 18 heavy (non-hydrogen) atoms. The SMILES string of the molecule is C=CCOC=O.Nc1ccc(Cl)c(C(F)(F)F)c1. The van der Waals surface area contributed by atoms with Crippen LogP contribution in [0, 0.1) is 0 Å². The van der Waals surface area contributed by atoms with Gasteiger partial charge in [0, 0.05) is 5.69 Å². The fraction of sp³-hybridized carbons (Fsp3) is 0.182. The number of nitrogens with two attached hydrogens (primary N) is 1. The van der Waals surface area contributed by atoms with Gasteiger partial charge in [-0.05, 0) is 18.2 Å². The molecule has 0 bridgehead atoms. The molecule has 0 atom stereocenters. The Labute approximate surface area is 107 Å². The highest BCUT2D eigenvalue weighted by Gasteiger charge is 2.33. The van der Waals surface area contributed by atoms with E-state index >= 15 is 0 Å². The number of ether oxygens (including phenoxy) is 1. The third-order valence-corrected chi connectivity index (χ3v) is 1.91. The van der Waals surface area contributed by atoms with Gasteiger partial charge in [-0.25, -0.2) is 0 Å². The van der Waals surface area contributed by atoms with Crippen LogP contribution >= 0.6 is 11.6 Å². The summed E-state index contributed by atoms with van der Waals surface area (Å²) in [5.41, 5.74) is 4.31. The largest absolute Gasteiger partial charge is 0.464 e. The van der Waals surface area contributed by atoms with Crippen LogP contribution < -0.4 is 5.73 Å². The zero-order chi connectivity index (χ0) is 14.2. The van der Waals surface area contributed by atoms with Crippen LogP contribution in [0.25, 0.3) is 0 Å². The lowest BCUT2D eigenvalue weighted by molar-refractivity contribution is -0.137. The molecule has 0 amide bonds. The molecule has 0 radical (unpaired) electrons. The Morgan fingerprint density at radius 1 is 1.44 bits per heavy atom. The summed E-state index contributed by atoms with van der Waals surface area (Å²) in [5.74, 6) is 0. The molecule has 0 saturated carbocycles. The lowest BCUT2D eigenvalue weighted by atomic mass is 10.2. The van der Waals surface area contributed by atoms with Gasteiger partial charge in [-0.1, -0.05) is 24.3 Å². The van der Waals surface area contributed by atoms with Gasteiger partial charge in [0.05, 0.1) is 10.6 Å². The number of hydrogen-bond donors (Lipinski definition) is 1. The number of alkyl halides is 3. The molecule has 0 aliphatic heterocycles. The molecule has 3 nitrogen and oxygen atoms in total. The molecule has 2 N–H and O–H groups in total. The van der Waals surface area contributed by atoms with Crippen molar-refractivity contribution in [2.45, 2.75) is 6.18 Å². The summed E-state index contributed by atoms with van der Waals surface area (Å²) in [6.45, 7) is 4.01. The first-order valence-electron chi connectivity index (χ1n) is 4.61. The van der Waals surface area contributed by atoms with Crippen LogP contribution in [0.2, 0.25) is 5.02 Å². The second-order valence-electron chi connectivity index (χ2n) is 2.96. The molecule has 0 fully saturated rings. The van der Waals surface area contributed by atoms with Crippen molar-refractivity contribution >= 4 is 23.8 Å². The highest BCUT2D eigenvalue weighted by atomic mass is 35.5. The van der Waals surface area contributed by atoms with Crippen molar-refractivity contribution in [2.75, 3.05) is 12.3 Å². The average molecular weight is 282 g/mol. The van der Waals surface area contributed by atoms with Crippen molar-refractivity contribution in [1.29, 1.82) is 0 Å². The Morgan fingerprint density at radius 3 is 2.39 bits per heavy atom. The fourth-order valence-corrected chi connectivity index (χ4v) is 1.09. The summed E-state index contributed by atoms with van der Waals surface area (Å²) >= 11 is 5.31. The number of nitrogen functional groups attached to an aromatic ring is 1. The highest BCUT2D eigenvalue weighted by molar-refractivity contribution is 6.31. The van der Waals surface area contributed by atoms with Crippen molar-refractivity contribution < 1.29 is 22.7 Å². The molecular formula is C11H11ClF3NO2. The molecule has 0 spiro atoms.